The number of hydrogen-bond donors (Lipinski definition) is 2. The summed E-state index contributed by atoms with van der Waals surface area (Å²) >= 11 is 8.51. The summed E-state index contributed by atoms with van der Waals surface area (Å²) in [5.74, 6) is 1.37. The van der Waals surface area contributed by atoms with Crippen LogP contribution in [0.25, 0.3) is 0 Å². The minimum Gasteiger partial charge on any atom is -0.507 e. The molecule has 0 aliphatic rings. The Morgan fingerprint density at radius 2 is 2.19 bits per heavy atom. The number of rotatable bonds is 5. The van der Waals surface area contributed by atoms with Gasteiger partial charge in [0.25, 0.3) is 0 Å². The van der Waals surface area contributed by atoms with Crippen LogP contribution in [0.2, 0.25) is 0 Å². The van der Waals surface area contributed by atoms with Gasteiger partial charge in [-0.15, -0.1) is 0 Å². The molecule has 21 heavy (non-hydrogen) atoms. The molecule has 7 heteroatoms. The first-order valence-electron chi connectivity index (χ1n) is 6.77. The Morgan fingerprint density at radius 1 is 1.48 bits per heavy atom. The zero-order valence-corrected chi connectivity index (χ0v) is 14.3. The highest BCUT2D eigenvalue weighted by molar-refractivity contribution is 9.10. The second-order valence-electron chi connectivity index (χ2n) is 4.67. The molecular weight excluding hydrogens is 352 g/mol. The highest BCUT2D eigenvalue weighted by Gasteiger charge is 2.14. The van der Waals surface area contributed by atoms with Crippen molar-refractivity contribution in [3.8, 4) is 5.75 Å². The average Bonchev–Trinajstić information content (AvgIpc) is 2.83. The largest absolute Gasteiger partial charge is 0.507 e. The Balaban J connectivity index is 2.34. The summed E-state index contributed by atoms with van der Waals surface area (Å²) in [6.45, 7) is 4.24. The van der Waals surface area contributed by atoms with Crippen LogP contribution in [0, 0.1) is 4.77 Å². The van der Waals surface area contributed by atoms with Crippen molar-refractivity contribution in [3.63, 3.8) is 0 Å². The van der Waals surface area contributed by atoms with Gasteiger partial charge in [0, 0.05) is 5.92 Å². The van der Waals surface area contributed by atoms with E-state index in [1.807, 2.05) is 0 Å². The van der Waals surface area contributed by atoms with Crippen molar-refractivity contribution in [3.05, 3.63) is 38.8 Å². The summed E-state index contributed by atoms with van der Waals surface area (Å²) in [5, 5.41) is 21.0. The molecule has 2 rings (SSSR count). The highest BCUT2D eigenvalue weighted by atomic mass is 79.9. The number of aromatic nitrogens is 3. The highest BCUT2D eigenvalue weighted by Crippen LogP contribution is 2.24. The summed E-state index contributed by atoms with van der Waals surface area (Å²) in [6, 6.07) is 5.19. The Morgan fingerprint density at radius 3 is 2.81 bits per heavy atom. The summed E-state index contributed by atoms with van der Waals surface area (Å²) in [4.78, 5) is 0. The van der Waals surface area contributed by atoms with Crippen LogP contribution in [0.15, 0.2) is 27.8 Å². The van der Waals surface area contributed by atoms with E-state index in [-0.39, 0.29) is 5.75 Å². The van der Waals surface area contributed by atoms with E-state index < -0.39 is 0 Å². The van der Waals surface area contributed by atoms with Gasteiger partial charge < -0.3 is 5.11 Å². The number of benzene rings is 1. The molecule has 0 unspecified atom stereocenters. The zero-order valence-electron chi connectivity index (χ0n) is 11.9. The van der Waals surface area contributed by atoms with Gasteiger partial charge >= 0.3 is 0 Å². The van der Waals surface area contributed by atoms with E-state index in [0.717, 1.165) is 24.2 Å². The van der Waals surface area contributed by atoms with E-state index in [2.05, 4.69) is 45.1 Å². The first kappa shape index (κ1) is 15.9. The van der Waals surface area contributed by atoms with Gasteiger partial charge in [0.15, 0.2) is 5.82 Å². The fourth-order valence-corrected chi connectivity index (χ4v) is 2.64. The molecule has 0 saturated heterocycles. The van der Waals surface area contributed by atoms with Crippen molar-refractivity contribution in [2.45, 2.75) is 32.6 Å². The molecule has 0 amide bonds. The van der Waals surface area contributed by atoms with Crippen LogP contribution in [-0.4, -0.2) is 26.2 Å². The van der Waals surface area contributed by atoms with E-state index >= 15 is 0 Å². The van der Waals surface area contributed by atoms with Gasteiger partial charge in [-0.1, -0.05) is 13.8 Å². The van der Waals surface area contributed by atoms with Gasteiger partial charge in [-0.25, -0.2) is 0 Å². The number of halogens is 1. The molecule has 0 aliphatic carbocycles. The maximum atomic E-state index is 9.49. The van der Waals surface area contributed by atoms with E-state index in [9.17, 15) is 5.11 Å². The van der Waals surface area contributed by atoms with Gasteiger partial charge in [-0.05, 0) is 64.8 Å². The zero-order chi connectivity index (χ0) is 15.4. The third-order valence-electron chi connectivity index (χ3n) is 3.32. The van der Waals surface area contributed by atoms with Crippen molar-refractivity contribution < 1.29 is 5.11 Å². The predicted molar refractivity (Wildman–Crippen MR) is 89.5 cm³/mol. The molecule has 2 aromatic rings. The lowest BCUT2D eigenvalue weighted by atomic mass is 10.0. The molecule has 0 fully saturated rings. The van der Waals surface area contributed by atoms with Crippen LogP contribution in [0.4, 0.5) is 0 Å². The van der Waals surface area contributed by atoms with Crippen LogP contribution in [0.5, 0.6) is 5.75 Å². The van der Waals surface area contributed by atoms with E-state index in [1.165, 1.54) is 0 Å². The van der Waals surface area contributed by atoms with Gasteiger partial charge in [0.05, 0.1) is 10.7 Å². The molecule has 1 aromatic heterocycles. The molecule has 0 spiro atoms. The minimum atomic E-state index is 0.199. The standard InChI is InChI=1S/C14H17BrN4OS/c1-3-10(4-2)13-17-18-14(21)19(13)16-8-9-5-6-12(20)11(15)7-9/h5-8,10,20H,3-4H2,1-2H3,(H,18,21)/b16-8-. The molecule has 0 bridgehead atoms. The number of nitrogens with zero attached hydrogens (tertiary/aromatic N) is 3. The summed E-state index contributed by atoms with van der Waals surface area (Å²) in [6.07, 6.45) is 3.66. The Kier molecular flexibility index (Phi) is 5.30. The van der Waals surface area contributed by atoms with E-state index in [0.29, 0.717) is 15.2 Å². The van der Waals surface area contributed by atoms with Gasteiger partial charge in [-0.3, -0.25) is 5.10 Å². The first-order valence-corrected chi connectivity index (χ1v) is 7.97. The van der Waals surface area contributed by atoms with Crippen molar-refractivity contribution in [1.29, 1.82) is 0 Å². The molecule has 5 nitrogen and oxygen atoms in total. The normalized spacial score (nSPS) is 11.6. The van der Waals surface area contributed by atoms with Crippen LogP contribution in [-0.2, 0) is 0 Å². The Labute approximate surface area is 136 Å². The monoisotopic (exact) mass is 368 g/mol. The van der Waals surface area contributed by atoms with Crippen LogP contribution < -0.4 is 0 Å². The van der Waals surface area contributed by atoms with Crippen molar-refractivity contribution in [2.24, 2.45) is 5.10 Å². The number of phenols is 1. The molecule has 0 atom stereocenters. The SMILES string of the molecule is CCC(CC)c1n[nH]c(=S)n1/N=C\c1ccc(O)c(Br)c1. The quantitative estimate of drug-likeness (QED) is 0.613. The second kappa shape index (κ2) is 7.00. The molecule has 2 N–H and O–H groups in total. The number of aromatic hydroxyl groups is 1. The Hall–Kier alpha value is -1.47. The summed E-state index contributed by atoms with van der Waals surface area (Å²) < 4.78 is 2.77. The smallest absolute Gasteiger partial charge is 0.216 e. The van der Waals surface area contributed by atoms with Crippen molar-refractivity contribution >= 4 is 34.4 Å². The van der Waals surface area contributed by atoms with Crippen molar-refractivity contribution in [1.82, 2.24) is 14.9 Å². The third-order valence-corrected chi connectivity index (χ3v) is 4.22. The van der Waals surface area contributed by atoms with Gasteiger partial charge in [0.1, 0.15) is 5.75 Å². The number of nitrogens with one attached hydrogen (secondary N) is 1. The van der Waals surface area contributed by atoms with Gasteiger partial charge in [0.2, 0.25) is 4.77 Å². The second-order valence-corrected chi connectivity index (χ2v) is 5.91. The maximum Gasteiger partial charge on any atom is 0.216 e. The van der Waals surface area contributed by atoms with E-state index in [1.54, 1.807) is 29.1 Å². The number of aromatic amines is 1. The van der Waals surface area contributed by atoms with E-state index in [4.69, 9.17) is 12.2 Å². The lowest BCUT2D eigenvalue weighted by Gasteiger charge is -2.10. The topological polar surface area (TPSA) is 66.2 Å². The van der Waals surface area contributed by atoms with Crippen molar-refractivity contribution in [2.75, 3.05) is 0 Å². The molecule has 0 aliphatic heterocycles. The molecule has 112 valence electrons. The van der Waals surface area contributed by atoms with Crippen LogP contribution in [0.1, 0.15) is 44.0 Å². The minimum absolute atomic E-state index is 0.199. The Bertz CT molecular complexity index is 703. The summed E-state index contributed by atoms with van der Waals surface area (Å²) in [5.41, 5.74) is 0.860. The third kappa shape index (κ3) is 3.59. The fourth-order valence-electron chi connectivity index (χ4n) is 2.06. The number of phenolic OH excluding ortho intramolecular Hbond substituents is 1. The fraction of sp³-hybridized carbons (Fsp3) is 0.357. The maximum absolute atomic E-state index is 9.49. The lowest BCUT2D eigenvalue weighted by Crippen LogP contribution is -2.05. The molecular formula is C14H17BrN4OS. The number of H-pyrrole nitrogens is 1. The molecule has 0 saturated carbocycles. The van der Waals surface area contributed by atoms with Gasteiger partial charge in [-0.2, -0.15) is 14.9 Å². The lowest BCUT2D eigenvalue weighted by molar-refractivity contribution is 0.472. The number of hydrogen-bond acceptors (Lipinski definition) is 4. The molecule has 0 radical (unpaired) electrons. The summed E-state index contributed by atoms with van der Waals surface area (Å²) in [7, 11) is 0. The molecule has 1 aromatic carbocycles. The van der Waals surface area contributed by atoms with Crippen LogP contribution >= 0.6 is 28.1 Å². The average molecular weight is 369 g/mol. The first-order chi connectivity index (χ1) is 10.1. The predicted octanol–water partition coefficient (Wildman–Crippen LogP) is 4.19. The molecule has 1 heterocycles. The van der Waals surface area contributed by atoms with Crippen LogP contribution in [0.3, 0.4) is 0 Å².